The summed E-state index contributed by atoms with van der Waals surface area (Å²) >= 11 is 0. The first-order valence-electron chi connectivity index (χ1n) is 6.12. The zero-order valence-corrected chi connectivity index (χ0v) is 11.5. The molecule has 0 saturated heterocycles. The molecule has 0 heterocycles. The maximum absolute atomic E-state index is 11.9. The van der Waals surface area contributed by atoms with E-state index < -0.39 is 10.9 Å². The highest BCUT2D eigenvalue weighted by molar-refractivity contribution is 5.91. The number of hydrogen-bond donors (Lipinski definition) is 0. The minimum atomic E-state index is -0.536. The molecule has 0 atom stereocenters. The van der Waals surface area contributed by atoms with Gasteiger partial charge in [-0.25, -0.2) is 4.79 Å². The van der Waals surface area contributed by atoms with Crippen LogP contribution < -0.4 is 9.47 Å². The van der Waals surface area contributed by atoms with Crippen LogP contribution in [0.15, 0.2) is 42.5 Å². The van der Waals surface area contributed by atoms with Gasteiger partial charge in [0.15, 0.2) is 0 Å². The van der Waals surface area contributed by atoms with Crippen LogP contribution in [-0.4, -0.2) is 18.0 Å². The molecule has 0 N–H and O–H groups in total. The Hall–Kier alpha value is -2.89. The average Bonchev–Trinajstić information content (AvgIpc) is 2.47. The number of nitro benzene ring substituents is 1. The summed E-state index contributed by atoms with van der Waals surface area (Å²) in [5, 5.41) is 10.7. The third-order valence-electron chi connectivity index (χ3n) is 2.90. The molecule has 2 aromatic carbocycles. The monoisotopic (exact) mass is 287 g/mol. The number of aryl methyl sites for hydroxylation is 1. The highest BCUT2D eigenvalue weighted by atomic mass is 16.6. The molecule has 0 aliphatic carbocycles. The smallest absolute Gasteiger partial charge is 0.343 e. The van der Waals surface area contributed by atoms with Crippen molar-refractivity contribution in [3.05, 3.63) is 63.7 Å². The highest BCUT2D eigenvalue weighted by Gasteiger charge is 2.13. The Morgan fingerprint density at radius 1 is 1.10 bits per heavy atom. The number of nitro groups is 1. The number of methoxy groups -OCH3 is 1. The van der Waals surface area contributed by atoms with Crippen molar-refractivity contribution in [2.24, 2.45) is 0 Å². The minimum absolute atomic E-state index is 0.0146. The molecule has 108 valence electrons. The fraction of sp³-hybridized carbons (Fsp3) is 0.133. The molecule has 0 fully saturated rings. The van der Waals surface area contributed by atoms with Gasteiger partial charge in [0.2, 0.25) is 0 Å². The van der Waals surface area contributed by atoms with Gasteiger partial charge in [0.05, 0.1) is 17.6 Å². The molecule has 0 radical (unpaired) electrons. The molecule has 0 spiro atoms. The lowest BCUT2D eigenvalue weighted by Gasteiger charge is -2.06. The molecule has 0 amide bonds. The SMILES string of the molecule is COc1ccc(C(=O)Oc2ccc([N+](=O)[O-])c(C)c2)cc1. The number of carbonyl (C=O) groups is 1. The van der Waals surface area contributed by atoms with E-state index in [4.69, 9.17) is 9.47 Å². The van der Waals surface area contributed by atoms with Gasteiger partial charge in [-0.1, -0.05) is 0 Å². The Kier molecular flexibility index (Phi) is 4.18. The van der Waals surface area contributed by atoms with Crippen molar-refractivity contribution in [1.29, 1.82) is 0 Å². The number of benzene rings is 2. The van der Waals surface area contributed by atoms with Crippen molar-refractivity contribution < 1.29 is 19.2 Å². The van der Waals surface area contributed by atoms with Crippen LogP contribution in [0.2, 0.25) is 0 Å². The Morgan fingerprint density at radius 2 is 1.71 bits per heavy atom. The molecule has 0 aromatic heterocycles. The van der Waals surface area contributed by atoms with Gasteiger partial charge in [0.1, 0.15) is 11.5 Å². The number of hydrogen-bond acceptors (Lipinski definition) is 5. The Labute approximate surface area is 121 Å². The molecule has 0 aliphatic heterocycles. The van der Waals surface area contributed by atoms with Crippen molar-refractivity contribution >= 4 is 11.7 Å². The zero-order valence-electron chi connectivity index (χ0n) is 11.5. The number of nitrogens with zero attached hydrogens (tertiary/aromatic N) is 1. The fourth-order valence-corrected chi connectivity index (χ4v) is 1.79. The number of esters is 1. The topological polar surface area (TPSA) is 78.7 Å². The van der Waals surface area contributed by atoms with E-state index in [9.17, 15) is 14.9 Å². The van der Waals surface area contributed by atoms with Gasteiger partial charge in [-0.05, 0) is 43.3 Å². The molecular formula is C15H13NO5. The van der Waals surface area contributed by atoms with E-state index in [1.165, 1.54) is 25.3 Å². The molecule has 2 aromatic rings. The fourth-order valence-electron chi connectivity index (χ4n) is 1.79. The van der Waals surface area contributed by atoms with Crippen LogP contribution in [0.5, 0.6) is 11.5 Å². The summed E-state index contributed by atoms with van der Waals surface area (Å²) in [5.41, 5.74) is 0.783. The van der Waals surface area contributed by atoms with Crippen molar-refractivity contribution in [3.63, 3.8) is 0 Å². The van der Waals surface area contributed by atoms with E-state index >= 15 is 0 Å². The van der Waals surface area contributed by atoms with E-state index in [0.717, 1.165) is 0 Å². The lowest BCUT2D eigenvalue weighted by molar-refractivity contribution is -0.385. The average molecular weight is 287 g/mol. The summed E-state index contributed by atoms with van der Waals surface area (Å²) in [6.07, 6.45) is 0. The summed E-state index contributed by atoms with van der Waals surface area (Å²) in [5.74, 6) is 0.363. The third-order valence-corrected chi connectivity index (χ3v) is 2.90. The largest absolute Gasteiger partial charge is 0.497 e. The van der Waals surface area contributed by atoms with E-state index in [0.29, 0.717) is 16.9 Å². The van der Waals surface area contributed by atoms with E-state index in [2.05, 4.69) is 0 Å². The maximum atomic E-state index is 11.9. The van der Waals surface area contributed by atoms with Crippen molar-refractivity contribution in [2.45, 2.75) is 6.92 Å². The van der Waals surface area contributed by atoms with Gasteiger partial charge in [-0.2, -0.15) is 0 Å². The highest BCUT2D eigenvalue weighted by Crippen LogP contribution is 2.24. The van der Waals surface area contributed by atoms with Gasteiger partial charge < -0.3 is 9.47 Å². The second-order valence-electron chi connectivity index (χ2n) is 4.32. The van der Waals surface area contributed by atoms with Crippen LogP contribution in [-0.2, 0) is 0 Å². The maximum Gasteiger partial charge on any atom is 0.343 e. The van der Waals surface area contributed by atoms with Crippen LogP contribution in [0.25, 0.3) is 0 Å². The molecule has 6 nitrogen and oxygen atoms in total. The van der Waals surface area contributed by atoms with Crippen LogP contribution >= 0.6 is 0 Å². The van der Waals surface area contributed by atoms with E-state index in [1.54, 1.807) is 31.2 Å². The predicted octanol–water partition coefficient (Wildman–Crippen LogP) is 3.13. The standard InChI is InChI=1S/C15H13NO5/c1-10-9-13(7-8-14(10)16(18)19)21-15(17)11-3-5-12(20-2)6-4-11/h3-9H,1-2H3. The van der Waals surface area contributed by atoms with Crippen LogP contribution in [0, 0.1) is 17.0 Å². The first kappa shape index (κ1) is 14.5. The zero-order chi connectivity index (χ0) is 15.4. The minimum Gasteiger partial charge on any atom is -0.497 e. The molecule has 6 heteroatoms. The lowest BCUT2D eigenvalue weighted by Crippen LogP contribution is -2.08. The lowest BCUT2D eigenvalue weighted by atomic mass is 10.2. The van der Waals surface area contributed by atoms with Gasteiger partial charge in [0, 0.05) is 11.6 Å². The van der Waals surface area contributed by atoms with Crippen molar-refractivity contribution in [2.75, 3.05) is 7.11 Å². The summed E-state index contributed by atoms with van der Waals surface area (Å²) < 4.78 is 10.2. The summed E-state index contributed by atoms with van der Waals surface area (Å²) in [6.45, 7) is 1.59. The summed E-state index contributed by atoms with van der Waals surface area (Å²) in [7, 11) is 1.53. The van der Waals surface area contributed by atoms with E-state index in [1.807, 2.05) is 0 Å². The first-order chi connectivity index (χ1) is 10.0. The Bertz CT molecular complexity index is 679. The van der Waals surface area contributed by atoms with Crippen LogP contribution in [0.1, 0.15) is 15.9 Å². The quantitative estimate of drug-likeness (QED) is 0.373. The molecule has 0 unspecified atom stereocenters. The Balaban J connectivity index is 2.15. The third kappa shape index (κ3) is 3.36. The van der Waals surface area contributed by atoms with Gasteiger partial charge in [-0.15, -0.1) is 0 Å². The second kappa shape index (κ2) is 6.04. The predicted molar refractivity (Wildman–Crippen MR) is 75.8 cm³/mol. The summed E-state index contributed by atoms with van der Waals surface area (Å²) in [6, 6.07) is 10.6. The molecule has 0 saturated carbocycles. The molecular weight excluding hydrogens is 274 g/mol. The number of rotatable bonds is 4. The molecule has 0 aliphatic rings. The van der Waals surface area contributed by atoms with Crippen molar-refractivity contribution in [3.8, 4) is 11.5 Å². The van der Waals surface area contributed by atoms with E-state index in [-0.39, 0.29) is 11.4 Å². The first-order valence-corrected chi connectivity index (χ1v) is 6.12. The Morgan fingerprint density at radius 3 is 2.24 bits per heavy atom. The normalized spacial score (nSPS) is 10.0. The summed E-state index contributed by atoms with van der Waals surface area (Å²) in [4.78, 5) is 22.2. The molecule has 21 heavy (non-hydrogen) atoms. The molecule has 0 bridgehead atoms. The van der Waals surface area contributed by atoms with Gasteiger partial charge in [0.25, 0.3) is 5.69 Å². The van der Waals surface area contributed by atoms with Gasteiger partial charge in [-0.3, -0.25) is 10.1 Å². The van der Waals surface area contributed by atoms with Crippen LogP contribution in [0.3, 0.4) is 0 Å². The number of ether oxygens (including phenoxy) is 2. The number of carbonyl (C=O) groups excluding carboxylic acids is 1. The van der Waals surface area contributed by atoms with Crippen molar-refractivity contribution in [1.82, 2.24) is 0 Å². The molecule has 2 rings (SSSR count). The van der Waals surface area contributed by atoms with Gasteiger partial charge >= 0.3 is 5.97 Å². The van der Waals surface area contributed by atoms with Crippen LogP contribution in [0.4, 0.5) is 5.69 Å². The second-order valence-corrected chi connectivity index (χ2v) is 4.32.